The average Bonchev–Trinajstić information content (AvgIpc) is 2.53. The molecule has 7 heteroatoms. The second-order valence-corrected chi connectivity index (χ2v) is 3.80. The molecule has 1 rings (SSSR count). The molecule has 1 heterocycles. The summed E-state index contributed by atoms with van der Waals surface area (Å²) in [7, 11) is 1.70. The van der Waals surface area contributed by atoms with Crippen LogP contribution in [0.1, 0.15) is 19.0 Å². The molecule has 96 valence electrons. The summed E-state index contributed by atoms with van der Waals surface area (Å²) in [6, 6.07) is 0. The molecule has 0 fully saturated rings. The molecule has 0 bridgehead atoms. The van der Waals surface area contributed by atoms with Crippen LogP contribution in [0, 0.1) is 17.0 Å². The molecule has 17 heavy (non-hydrogen) atoms. The Bertz CT molecular complexity index is 388. The summed E-state index contributed by atoms with van der Waals surface area (Å²) >= 11 is 0. The van der Waals surface area contributed by atoms with Crippen LogP contribution in [0.15, 0.2) is 0 Å². The van der Waals surface area contributed by atoms with E-state index in [1.807, 2.05) is 6.92 Å². The highest BCUT2D eigenvalue weighted by Gasteiger charge is 2.23. The summed E-state index contributed by atoms with van der Waals surface area (Å²) in [6.07, 6.45) is 0.912. The maximum absolute atomic E-state index is 10.9. The number of aromatic nitrogens is 2. The molecule has 0 aliphatic heterocycles. The van der Waals surface area contributed by atoms with Crippen molar-refractivity contribution in [3.8, 4) is 0 Å². The summed E-state index contributed by atoms with van der Waals surface area (Å²) in [5.74, 6) is 0.476. The Morgan fingerprint density at radius 3 is 2.76 bits per heavy atom. The summed E-state index contributed by atoms with van der Waals surface area (Å²) < 4.78 is 1.51. The van der Waals surface area contributed by atoms with E-state index in [0.29, 0.717) is 18.1 Å². The first-order valence-corrected chi connectivity index (χ1v) is 5.70. The highest BCUT2D eigenvalue weighted by Crippen LogP contribution is 2.26. The molecule has 1 aromatic heterocycles. The third kappa shape index (κ3) is 3.42. The van der Waals surface area contributed by atoms with E-state index in [2.05, 4.69) is 15.7 Å². The second-order valence-electron chi connectivity index (χ2n) is 3.80. The van der Waals surface area contributed by atoms with Crippen molar-refractivity contribution >= 4 is 11.5 Å². The van der Waals surface area contributed by atoms with Crippen LogP contribution in [0.25, 0.3) is 0 Å². The van der Waals surface area contributed by atoms with Gasteiger partial charge in [0.2, 0.25) is 5.82 Å². The maximum Gasteiger partial charge on any atom is 0.333 e. The lowest BCUT2D eigenvalue weighted by Crippen LogP contribution is -2.18. The van der Waals surface area contributed by atoms with E-state index in [9.17, 15) is 10.1 Å². The summed E-state index contributed by atoms with van der Waals surface area (Å²) in [5, 5.41) is 21.2. The fraction of sp³-hybridized carbons (Fsp3) is 0.700. The van der Waals surface area contributed by atoms with E-state index in [4.69, 9.17) is 0 Å². The molecular weight excluding hydrogens is 222 g/mol. The smallest absolute Gasteiger partial charge is 0.333 e. The predicted molar refractivity (Wildman–Crippen MR) is 66.2 cm³/mol. The first kappa shape index (κ1) is 13.4. The van der Waals surface area contributed by atoms with Crippen molar-refractivity contribution in [2.45, 2.75) is 20.3 Å². The maximum atomic E-state index is 10.9. The Balaban J connectivity index is 2.61. The van der Waals surface area contributed by atoms with Gasteiger partial charge in [0, 0.05) is 13.6 Å². The van der Waals surface area contributed by atoms with Crippen LogP contribution in [0.4, 0.5) is 11.5 Å². The predicted octanol–water partition coefficient (Wildman–Crippen LogP) is 1.05. The van der Waals surface area contributed by atoms with Gasteiger partial charge in [-0.2, -0.15) is 5.10 Å². The molecule has 0 saturated carbocycles. The number of hydrogen-bond acceptors (Lipinski definition) is 5. The van der Waals surface area contributed by atoms with Gasteiger partial charge in [-0.25, -0.2) is 4.68 Å². The van der Waals surface area contributed by atoms with Gasteiger partial charge in [-0.15, -0.1) is 0 Å². The quantitative estimate of drug-likeness (QED) is 0.423. The van der Waals surface area contributed by atoms with Gasteiger partial charge in [0.1, 0.15) is 5.69 Å². The van der Waals surface area contributed by atoms with Crippen molar-refractivity contribution in [2.75, 3.05) is 25.0 Å². The molecule has 2 N–H and O–H groups in total. The Morgan fingerprint density at radius 1 is 1.47 bits per heavy atom. The van der Waals surface area contributed by atoms with Crippen molar-refractivity contribution < 1.29 is 4.92 Å². The number of anilines is 1. The first-order valence-electron chi connectivity index (χ1n) is 5.70. The summed E-state index contributed by atoms with van der Waals surface area (Å²) in [4.78, 5) is 10.5. The van der Waals surface area contributed by atoms with Gasteiger partial charge in [-0.1, -0.05) is 6.92 Å². The molecule has 0 aliphatic rings. The molecule has 0 radical (unpaired) electrons. The molecule has 0 saturated heterocycles. The molecule has 0 amide bonds. The van der Waals surface area contributed by atoms with Crippen molar-refractivity contribution in [3.05, 3.63) is 15.8 Å². The van der Waals surface area contributed by atoms with Gasteiger partial charge in [0.15, 0.2) is 0 Å². The van der Waals surface area contributed by atoms with Crippen molar-refractivity contribution in [1.29, 1.82) is 0 Å². The lowest BCUT2D eigenvalue weighted by Gasteiger charge is -2.06. The van der Waals surface area contributed by atoms with Crippen molar-refractivity contribution in [2.24, 2.45) is 7.05 Å². The van der Waals surface area contributed by atoms with Crippen LogP contribution in [-0.2, 0) is 7.05 Å². The molecule has 0 aromatic carbocycles. The van der Waals surface area contributed by atoms with Gasteiger partial charge >= 0.3 is 5.69 Å². The molecule has 1 aromatic rings. The van der Waals surface area contributed by atoms with Gasteiger partial charge in [-0.05, 0) is 26.4 Å². The van der Waals surface area contributed by atoms with Crippen molar-refractivity contribution in [3.63, 3.8) is 0 Å². The largest absolute Gasteiger partial charge is 0.364 e. The van der Waals surface area contributed by atoms with Gasteiger partial charge in [0.25, 0.3) is 0 Å². The average molecular weight is 241 g/mol. The van der Waals surface area contributed by atoms with Crippen LogP contribution in [0.3, 0.4) is 0 Å². The zero-order valence-electron chi connectivity index (χ0n) is 10.5. The number of aryl methyl sites for hydroxylation is 2. The minimum atomic E-state index is -0.394. The zero-order valence-corrected chi connectivity index (χ0v) is 10.5. The van der Waals surface area contributed by atoms with Gasteiger partial charge in [-0.3, -0.25) is 10.1 Å². The number of rotatable bonds is 7. The monoisotopic (exact) mass is 241 g/mol. The minimum Gasteiger partial charge on any atom is -0.364 e. The van der Waals surface area contributed by atoms with Crippen LogP contribution in [-0.4, -0.2) is 34.3 Å². The number of hydrogen-bond donors (Lipinski definition) is 2. The van der Waals surface area contributed by atoms with Crippen LogP contribution >= 0.6 is 0 Å². The van der Waals surface area contributed by atoms with E-state index in [-0.39, 0.29) is 5.69 Å². The molecule has 0 spiro atoms. The normalized spacial score (nSPS) is 10.5. The van der Waals surface area contributed by atoms with E-state index in [0.717, 1.165) is 19.5 Å². The van der Waals surface area contributed by atoms with E-state index < -0.39 is 4.92 Å². The van der Waals surface area contributed by atoms with E-state index in [1.54, 1.807) is 14.0 Å². The molecule has 0 atom stereocenters. The Morgan fingerprint density at radius 2 is 2.18 bits per heavy atom. The number of nitro groups is 1. The fourth-order valence-electron chi connectivity index (χ4n) is 1.66. The molecule has 0 aliphatic carbocycles. The summed E-state index contributed by atoms with van der Waals surface area (Å²) in [6.45, 7) is 6.20. The standard InChI is InChI=1S/C10H19N5O2/c1-4-11-6-5-7-12-10-9(15(16)17)8(2)13-14(10)3/h11-12H,4-7H2,1-3H3. The highest BCUT2D eigenvalue weighted by atomic mass is 16.6. The Hall–Kier alpha value is -1.63. The lowest BCUT2D eigenvalue weighted by molar-refractivity contribution is -0.384. The minimum absolute atomic E-state index is 0.0657. The van der Waals surface area contributed by atoms with Gasteiger partial charge < -0.3 is 10.6 Å². The molecule has 7 nitrogen and oxygen atoms in total. The fourth-order valence-corrected chi connectivity index (χ4v) is 1.66. The summed E-state index contributed by atoms with van der Waals surface area (Å²) in [5.41, 5.74) is 0.502. The number of nitrogens with zero attached hydrogens (tertiary/aromatic N) is 3. The Kier molecular flexibility index (Phi) is 4.89. The van der Waals surface area contributed by atoms with Crippen LogP contribution in [0.2, 0.25) is 0 Å². The second kappa shape index (κ2) is 6.19. The third-order valence-corrected chi connectivity index (χ3v) is 2.45. The highest BCUT2D eigenvalue weighted by molar-refractivity contribution is 5.59. The first-order chi connectivity index (χ1) is 8.07. The molecular formula is C10H19N5O2. The van der Waals surface area contributed by atoms with Crippen LogP contribution < -0.4 is 10.6 Å². The van der Waals surface area contributed by atoms with E-state index >= 15 is 0 Å². The number of nitrogens with one attached hydrogen (secondary N) is 2. The zero-order chi connectivity index (χ0) is 12.8. The van der Waals surface area contributed by atoms with Gasteiger partial charge in [0.05, 0.1) is 4.92 Å². The topological polar surface area (TPSA) is 85.0 Å². The lowest BCUT2D eigenvalue weighted by atomic mass is 10.3. The third-order valence-electron chi connectivity index (χ3n) is 2.45. The SMILES string of the molecule is CCNCCCNc1c([N+](=O)[O-])c(C)nn1C. The van der Waals surface area contributed by atoms with Crippen molar-refractivity contribution in [1.82, 2.24) is 15.1 Å². The Labute approximate surface area is 100 Å². The van der Waals surface area contributed by atoms with E-state index in [1.165, 1.54) is 4.68 Å². The van der Waals surface area contributed by atoms with Crippen LogP contribution in [0.5, 0.6) is 0 Å². The molecule has 0 unspecified atom stereocenters.